The molecule has 2 aromatic rings. The van der Waals surface area contributed by atoms with Crippen LogP contribution in [0, 0.1) is 0 Å². The Morgan fingerprint density at radius 3 is 3.18 bits per heavy atom. The van der Waals surface area contributed by atoms with Gasteiger partial charge in [-0.15, -0.1) is 0 Å². The van der Waals surface area contributed by atoms with Gasteiger partial charge in [-0.25, -0.2) is 0 Å². The van der Waals surface area contributed by atoms with Crippen LogP contribution in [0.2, 0.25) is 0 Å². The highest BCUT2D eigenvalue weighted by molar-refractivity contribution is 7.98. The number of amides is 1. The van der Waals surface area contributed by atoms with Gasteiger partial charge in [0, 0.05) is 30.5 Å². The number of carbonyl (C=O) groups is 1. The Kier molecular flexibility index (Phi) is 3.45. The van der Waals surface area contributed by atoms with E-state index in [0.29, 0.717) is 12.3 Å². The summed E-state index contributed by atoms with van der Waals surface area (Å²) in [4.78, 5) is 12.5. The van der Waals surface area contributed by atoms with Crippen molar-refractivity contribution in [3.05, 3.63) is 46.6 Å². The van der Waals surface area contributed by atoms with E-state index in [1.807, 2.05) is 23.5 Å². The third-order valence-corrected chi connectivity index (χ3v) is 5.63. The summed E-state index contributed by atoms with van der Waals surface area (Å²) in [6, 6.07) is 8.50. The number of aryl methyl sites for hydroxylation is 2. The van der Waals surface area contributed by atoms with Gasteiger partial charge in [-0.3, -0.25) is 9.48 Å². The largest absolute Gasteiger partial charge is 0.311 e. The van der Waals surface area contributed by atoms with E-state index in [-0.39, 0.29) is 5.91 Å². The summed E-state index contributed by atoms with van der Waals surface area (Å²) >= 11 is 1.86. The number of anilines is 1. The second kappa shape index (κ2) is 5.47. The molecule has 0 fully saturated rings. The zero-order valence-corrected chi connectivity index (χ0v) is 13.4. The Hall–Kier alpha value is -1.75. The molecule has 1 aromatic carbocycles. The second-order valence-corrected chi connectivity index (χ2v) is 7.06. The summed E-state index contributed by atoms with van der Waals surface area (Å²) in [5.41, 5.74) is 5.07. The Balaban J connectivity index is 1.48. The zero-order valence-electron chi connectivity index (χ0n) is 12.6. The van der Waals surface area contributed by atoms with Crippen LogP contribution < -0.4 is 5.32 Å². The highest BCUT2D eigenvalue weighted by Crippen LogP contribution is 2.37. The number of carbonyl (C=O) groups excluding carboxylic acids is 1. The molecule has 22 heavy (non-hydrogen) atoms. The Morgan fingerprint density at radius 2 is 2.27 bits per heavy atom. The molecule has 0 spiro atoms. The van der Waals surface area contributed by atoms with Crippen LogP contribution in [-0.2, 0) is 29.8 Å². The quantitative estimate of drug-likeness (QED) is 0.946. The van der Waals surface area contributed by atoms with Gasteiger partial charge in [-0.2, -0.15) is 16.9 Å². The molecule has 1 amide bonds. The Morgan fingerprint density at radius 1 is 1.41 bits per heavy atom. The van der Waals surface area contributed by atoms with E-state index in [1.54, 1.807) is 0 Å². The predicted molar refractivity (Wildman–Crippen MR) is 89.0 cm³/mol. The maximum absolute atomic E-state index is 12.5. The lowest BCUT2D eigenvalue weighted by Gasteiger charge is -2.12. The summed E-state index contributed by atoms with van der Waals surface area (Å²) in [6.45, 7) is 0. The van der Waals surface area contributed by atoms with E-state index in [1.165, 1.54) is 16.7 Å². The number of nitrogens with zero attached hydrogens (tertiary/aromatic N) is 2. The van der Waals surface area contributed by atoms with Gasteiger partial charge in [0.25, 0.3) is 0 Å². The van der Waals surface area contributed by atoms with Crippen LogP contribution in [0.15, 0.2) is 24.3 Å². The zero-order chi connectivity index (χ0) is 15.1. The van der Waals surface area contributed by atoms with E-state index in [4.69, 9.17) is 0 Å². The second-order valence-electron chi connectivity index (χ2n) is 6.08. The van der Waals surface area contributed by atoms with Crippen LogP contribution in [0.4, 0.5) is 5.82 Å². The van der Waals surface area contributed by atoms with Gasteiger partial charge in [0.2, 0.25) is 5.91 Å². The maximum atomic E-state index is 12.5. The van der Waals surface area contributed by atoms with Crippen molar-refractivity contribution in [1.29, 1.82) is 0 Å². The van der Waals surface area contributed by atoms with Crippen molar-refractivity contribution in [3.63, 3.8) is 0 Å². The molecule has 114 valence electrons. The van der Waals surface area contributed by atoms with Gasteiger partial charge in [0.05, 0.1) is 5.69 Å². The van der Waals surface area contributed by atoms with Gasteiger partial charge < -0.3 is 5.32 Å². The summed E-state index contributed by atoms with van der Waals surface area (Å²) in [6.07, 6.45) is 2.72. The van der Waals surface area contributed by atoms with Crippen molar-refractivity contribution in [2.24, 2.45) is 7.05 Å². The number of nitrogens with one attached hydrogen (secondary N) is 1. The van der Waals surface area contributed by atoms with Crippen LogP contribution in [0.5, 0.6) is 0 Å². The molecular weight excluding hydrogens is 294 g/mol. The SMILES string of the molecule is Cn1nc2c(c1NC(=O)CC1CCc3ccccc31)CSC2. The van der Waals surface area contributed by atoms with Gasteiger partial charge in [0.15, 0.2) is 0 Å². The molecule has 5 heteroatoms. The third kappa shape index (κ3) is 2.33. The molecule has 1 unspecified atom stereocenters. The van der Waals surface area contributed by atoms with Gasteiger partial charge in [-0.1, -0.05) is 24.3 Å². The number of aromatic nitrogens is 2. The lowest BCUT2D eigenvalue weighted by molar-refractivity contribution is -0.116. The number of hydrogen-bond donors (Lipinski definition) is 1. The van der Waals surface area contributed by atoms with Crippen LogP contribution in [0.1, 0.15) is 41.1 Å². The fourth-order valence-corrected chi connectivity index (χ4v) is 4.60. The minimum Gasteiger partial charge on any atom is -0.311 e. The fourth-order valence-electron chi connectivity index (χ4n) is 3.56. The Bertz CT molecular complexity index is 738. The molecule has 1 N–H and O–H groups in total. The Labute approximate surface area is 134 Å². The first-order chi connectivity index (χ1) is 10.7. The minimum absolute atomic E-state index is 0.101. The normalized spacial score (nSPS) is 19.0. The topological polar surface area (TPSA) is 46.9 Å². The molecule has 1 aromatic heterocycles. The molecule has 1 aliphatic heterocycles. The monoisotopic (exact) mass is 313 g/mol. The lowest BCUT2D eigenvalue weighted by atomic mass is 9.97. The number of thioether (sulfide) groups is 1. The van der Waals surface area contributed by atoms with Crippen molar-refractivity contribution >= 4 is 23.5 Å². The fraction of sp³-hybridized carbons (Fsp3) is 0.412. The van der Waals surface area contributed by atoms with E-state index in [2.05, 4.69) is 34.7 Å². The molecule has 0 saturated heterocycles. The van der Waals surface area contributed by atoms with Crippen LogP contribution in [0.25, 0.3) is 0 Å². The molecular formula is C17H19N3OS. The summed E-state index contributed by atoms with van der Waals surface area (Å²) < 4.78 is 1.81. The van der Waals surface area contributed by atoms with E-state index < -0.39 is 0 Å². The molecule has 4 rings (SSSR count). The van der Waals surface area contributed by atoms with Crippen LogP contribution >= 0.6 is 11.8 Å². The lowest BCUT2D eigenvalue weighted by Crippen LogP contribution is -2.17. The molecule has 4 nitrogen and oxygen atoms in total. The molecule has 0 saturated carbocycles. The highest BCUT2D eigenvalue weighted by Gasteiger charge is 2.26. The van der Waals surface area contributed by atoms with Crippen molar-refractivity contribution in [2.45, 2.75) is 36.7 Å². The first kappa shape index (κ1) is 13.9. The average molecular weight is 313 g/mol. The average Bonchev–Trinajstić information content (AvgIpc) is 3.18. The smallest absolute Gasteiger partial charge is 0.226 e. The molecule has 0 bridgehead atoms. The van der Waals surface area contributed by atoms with Crippen molar-refractivity contribution < 1.29 is 4.79 Å². The highest BCUT2D eigenvalue weighted by atomic mass is 32.2. The molecule has 1 aliphatic carbocycles. The predicted octanol–water partition coefficient (Wildman–Crippen LogP) is 3.23. The number of rotatable bonds is 3. The van der Waals surface area contributed by atoms with Crippen molar-refractivity contribution in [3.8, 4) is 0 Å². The first-order valence-electron chi connectivity index (χ1n) is 7.72. The minimum atomic E-state index is 0.101. The van der Waals surface area contributed by atoms with E-state index in [9.17, 15) is 4.79 Å². The standard InChI is InChI=1S/C17H19N3OS/c1-20-17(14-9-22-10-15(14)19-20)18-16(21)8-12-7-6-11-4-2-3-5-13(11)12/h2-5,12H,6-10H2,1H3,(H,18,21). The molecule has 1 atom stereocenters. The summed E-state index contributed by atoms with van der Waals surface area (Å²) in [7, 11) is 1.91. The third-order valence-electron chi connectivity index (χ3n) is 4.66. The van der Waals surface area contributed by atoms with E-state index in [0.717, 1.165) is 35.9 Å². The molecule has 2 heterocycles. The summed E-state index contributed by atoms with van der Waals surface area (Å²) in [5.74, 6) is 3.24. The van der Waals surface area contributed by atoms with Crippen molar-refractivity contribution in [2.75, 3.05) is 5.32 Å². The maximum Gasteiger partial charge on any atom is 0.226 e. The number of benzene rings is 1. The number of fused-ring (bicyclic) bond motifs is 2. The van der Waals surface area contributed by atoms with E-state index >= 15 is 0 Å². The van der Waals surface area contributed by atoms with Gasteiger partial charge >= 0.3 is 0 Å². The molecule has 2 aliphatic rings. The number of hydrogen-bond acceptors (Lipinski definition) is 3. The van der Waals surface area contributed by atoms with Crippen LogP contribution in [0.3, 0.4) is 0 Å². The van der Waals surface area contributed by atoms with Gasteiger partial charge in [-0.05, 0) is 29.9 Å². The first-order valence-corrected chi connectivity index (χ1v) is 8.88. The van der Waals surface area contributed by atoms with Crippen molar-refractivity contribution in [1.82, 2.24) is 9.78 Å². The molecule has 0 radical (unpaired) electrons. The summed E-state index contributed by atoms with van der Waals surface area (Å²) in [5, 5.41) is 7.59. The van der Waals surface area contributed by atoms with Gasteiger partial charge in [0.1, 0.15) is 5.82 Å². The van der Waals surface area contributed by atoms with Crippen LogP contribution in [-0.4, -0.2) is 15.7 Å².